The largest absolute Gasteiger partial charge is 0.392 e. The van der Waals surface area contributed by atoms with E-state index in [1.54, 1.807) is 0 Å². The molecule has 8 heteroatoms. The summed E-state index contributed by atoms with van der Waals surface area (Å²) in [4.78, 5) is -0.360. The predicted molar refractivity (Wildman–Crippen MR) is 79.6 cm³/mol. The lowest BCUT2D eigenvalue weighted by Crippen LogP contribution is -2.15. The van der Waals surface area contributed by atoms with E-state index in [1.165, 1.54) is 24.3 Å². The van der Waals surface area contributed by atoms with Crippen LogP contribution in [0.15, 0.2) is 41.3 Å². The van der Waals surface area contributed by atoms with Crippen LogP contribution in [0.5, 0.6) is 0 Å². The standard InChI is InChI=1S/C13H10Cl2FNO3S/c14-9-2-4-11(15)12(5-9)17-21(19,20)13-6-10(16)3-1-8(13)7-18/h1-6,17-18H,7H2. The Morgan fingerprint density at radius 2 is 1.86 bits per heavy atom. The summed E-state index contributed by atoms with van der Waals surface area (Å²) in [6.07, 6.45) is 0. The van der Waals surface area contributed by atoms with Gasteiger partial charge in [0.1, 0.15) is 5.82 Å². The molecular weight excluding hydrogens is 340 g/mol. The van der Waals surface area contributed by atoms with E-state index in [4.69, 9.17) is 23.2 Å². The van der Waals surface area contributed by atoms with E-state index in [0.717, 1.165) is 12.1 Å². The van der Waals surface area contributed by atoms with Gasteiger partial charge in [-0.2, -0.15) is 0 Å². The fraction of sp³-hybridized carbons (Fsp3) is 0.0769. The Kier molecular flexibility index (Phi) is 4.73. The van der Waals surface area contributed by atoms with Gasteiger partial charge >= 0.3 is 0 Å². The van der Waals surface area contributed by atoms with Gasteiger partial charge in [-0.05, 0) is 35.9 Å². The van der Waals surface area contributed by atoms with Crippen molar-refractivity contribution >= 4 is 38.9 Å². The molecule has 0 spiro atoms. The molecule has 0 aliphatic rings. The molecule has 0 unspecified atom stereocenters. The highest BCUT2D eigenvalue weighted by atomic mass is 35.5. The maximum atomic E-state index is 13.3. The molecule has 0 amide bonds. The summed E-state index contributed by atoms with van der Waals surface area (Å²) in [5, 5.41) is 9.61. The van der Waals surface area contributed by atoms with Crippen molar-refractivity contribution in [1.29, 1.82) is 0 Å². The summed E-state index contributed by atoms with van der Waals surface area (Å²) in [6, 6.07) is 7.36. The maximum Gasteiger partial charge on any atom is 0.262 e. The fourth-order valence-corrected chi connectivity index (χ4v) is 3.39. The number of benzene rings is 2. The lowest BCUT2D eigenvalue weighted by molar-refractivity contribution is 0.278. The number of aliphatic hydroxyl groups is 1. The van der Waals surface area contributed by atoms with Gasteiger partial charge in [-0.25, -0.2) is 12.8 Å². The minimum Gasteiger partial charge on any atom is -0.392 e. The van der Waals surface area contributed by atoms with E-state index in [-0.39, 0.29) is 21.2 Å². The van der Waals surface area contributed by atoms with Crippen LogP contribution in [0.4, 0.5) is 10.1 Å². The van der Waals surface area contributed by atoms with Crippen LogP contribution in [-0.2, 0) is 16.6 Å². The van der Waals surface area contributed by atoms with Crippen LogP contribution in [0.25, 0.3) is 0 Å². The van der Waals surface area contributed by atoms with Gasteiger partial charge in [-0.3, -0.25) is 4.72 Å². The normalized spacial score (nSPS) is 11.4. The number of nitrogens with one attached hydrogen (secondary N) is 1. The van der Waals surface area contributed by atoms with Crippen LogP contribution in [0.2, 0.25) is 10.0 Å². The average molecular weight is 350 g/mol. The lowest BCUT2D eigenvalue weighted by Gasteiger charge is -2.12. The van der Waals surface area contributed by atoms with Gasteiger partial charge in [0.2, 0.25) is 0 Å². The maximum absolute atomic E-state index is 13.3. The van der Waals surface area contributed by atoms with Crippen LogP contribution in [0, 0.1) is 5.82 Å². The second kappa shape index (κ2) is 6.19. The molecule has 0 fully saturated rings. The van der Waals surface area contributed by atoms with Crippen LogP contribution >= 0.6 is 23.2 Å². The van der Waals surface area contributed by atoms with E-state index in [2.05, 4.69) is 4.72 Å². The Balaban J connectivity index is 2.48. The predicted octanol–water partition coefficient (Wildman–Crippen LogP) is 3.43. The molecule has 0 saturated heterocycles. The molecule has 0 aliphatic carbocycles. The zero-order valence-electron chi connectivity index (χ0n) is 10.5. The molecule has 0 aromatic heterocycles. The van der Waals surface area contributed by atoms with E-state index in [9.17, 15) is 17.9 Å². The fourth-order valence-electron chi connectivity index (χ4n) is 1.68. The van der Waals surface area contributed by atoms with Crippen LogP contribution in [-0.4, -0.2) is 13.5 Å². The number of hydrogen-bond acceptors (Lipinski definition) is 3. The van der Waals surface area contributed by atoms with Gasteiger partial charge in [0.15, 0.2) is 0 Å². The van der Waals surface area contributed by atoms with E-state index in [1.807, 2.05) is 0 Å². The van der Waals surface area contributed by atoms with Crippen LogP contribution in [0.1, 0.15) is 5.56 Å². The Morgan fingerprint density at radius 1 is 1.14 bits per heavy atom. The van der Waals surface area contributed by atoms with Gasteiger partial charge in [0.05, 0.1) is 22.2 Å². The minimum atomic E-state index is -4.11. The highest BCUT2D eigenvalue weighted by Crippen LogP contribution is 2.28. The molecule has 112 valence electrons. The van der Waals surface area contributed by atoms with Crippen LogP contribution < -0.4 is 4.72 Å². The third kappa shape index (κ3) is 3.65. The van der Waals surface area contributed by atoms with Gasteiger partial charge in [0.25, 0.3) is 10.0 Å². The summed E-state index contributed by atoms with van der Waals surface area (Å²) in [5.41, 5.74) is 0.138. The van der Waals surface area contributed by atoms with Gasteiger partial charge in [-0.1, -0.05) is 29.3 Å². The molecule has 2 N–H and O–H groups in total. The van der Waals surface area contributed by atoms with Crippen LogP contribution in [0.3, 0.4) is 0 Å². The second-order valence-electron chi connectivity index (χ2n) is 4.14. The van der Waals surface area contributed by atoms with Crippen molar-refractivity contribution in [3.63, 3.8) is 0 Å². The number of halogens is 3. The van der Waals surface area contributed by atoms with Crippen molar-refractivity contribution < 1.29 is 17.9 Å². The molecule has 4 nitrogen and oxygen atoms in total. The average Bonchev–Trinajstić information content (AvgIpc) is 2.42. The molecule has 2 aromatic rings. The van der Waals surface area contributed by atoms with E-state index in [0.29, 0.717) is 5.02 Å². The van der Waals surface area contributed by atoms with Crippen molar-refractivity contribution in [3.05, 3.63) is 57.8 Å². The Labute approximate surface area is 131 Å². The molecule has 2 rings (SSSR count). The van der Waals surface area contributed by atoms with Crippen molar-refractivity contribution in [2.75, 3.05) is 4.72 Å². The molecule has 0 heterocycles. The Morgan fingerprint density at radius 3 is 2.52 bits per heavy atom. The smallest absolute Gasteiger partial charge is 0.262 e. The molecule has 0 radical (unpaired) electrons. The summed E-state index contributed by atoms with van der Waals surface area (Å²) >= 11 is 11.7. The van der Waals surface area contributed by atoms with Crippen molar-refractivity contribution in [1.82, 2.24) is 0 Å². The number of hydrogen-bond donors (Lipinski definition) is 2. The SMILES string of the molecule is O=S(=O)(Nc1cc(Cl)ccc1Cl)c1cc(F)ccc1CO. The number of aliphatic hydroxyl groups excluding tert-OH is 1. The van der Waals surface area contributed by atoms with E-state index < -0.39 is 22.4 Å². The first kappa shape index (κ1) is 16.0. The third-order valence-corrected chi connectivity index (χ3v) is 4.67. The molecule has 0 atom stereocenters. The third-order valence-electron chi connectivity index (χ3n) is 2.66. The molecule has 21 heavy (non-hydrogen) atoms. The monoisotopic (exact) mass is 349 g/mol. The summed E-state index contributed by atoms with van der Waals surface area (Å²) in [7, 11) is -4.11. The second-order valence-corrected chi connectivity index (χ2v) is 6.63. The number of sulfonamides is 1. The number of rotatable bonds is 4. The van der Waals surface area contributed by atoms with Crippen molar-refractivity contribution in [2.24, 2.45) is 0 Å². The zero-order chi connectivity index (χ0) is 15.6. The molecule has 0 aliphatic heterocycles. The first-order valence-electron chi connectivity index (χ1n) is 5.70. The summed E-state index contributed by atoms with van der Waals surface area (Å²) in [6.45, 7) is -0.542. The number of anilines is 1. The quantitative estimate of drug-likeness (QED) is 0.888. The highest BCUT2D eigenvalue weighted by molar-refractivity contribution is 7.92. The minimum absolute atomic E-state index is 0.0670. The molecule has 2 aromatic carbocycles. The topological polar surface area (TPSA) is 66.4 Å². The van der Waals surface area contributed by atoms with Crippen molar-refractivity contribution in [3.8, 4) is 0 Å². The first-order valence-corrected chi connectivity index (χ1v) is 7.94. The Hall–Kier alpha value is -1.34. The highest BCUT2D eigenvalue weighted by Gasteiger charge is 2.20. The van der Waals surface area contributed by atoms with Gasteiger partial charge in [0, 0.05) is 5.02 Å². The molecular formula is C13H10Cl2FNO3S. The van der Waals surface area contributed by atoms with Crippen molar-refractivity contribution in [2.45, 2.75) is 11.5 Å². The van der Waals surface area contributed by atoms with E-state index >= 15 is 0 Å². The zero-order valence-corrected chi connectivity index (χ0v) is 12.8. The summed E-state index contributed by atoms with van der Waals surface area (Å²) < 4.78 is 40.1. The lowest BCUT2D eigenvalue weighted by atomic mass is 10.2. The Bertz CT molecular complexity index is 781. The first-order chi connectivity index (χ1) is 9.83. The van der Waals surface area contributed by atoms with Gasteiger partial charge in [-0.15, -0.1) is 0 Å². The molecule has 0 bridgehead atoms. The van der Waals surface area contributed by atoms with Gasteiger partial charge < -0.3 is 5.11 Å². The molecule has 0 saturated carbocycles. The summed E-state index contributed by atoms with van der Waals surface area (Å²) in [5.74, 6) is -0.732.